The van der Waals surface area contributed by atoms with Gasteiger partial charge in [-0.25, -0.2) is 9.78 Å². The molecule has 9 heteroatoms. The molecule has 190 valence electrons. The van der Waals surface area contributed by atoms with Gasteiger partial charge in [0.2, 0.25) is 5.95 Å². The highest BCUT2D eigenvalue weighted by Crippen LogP contribution is 2.60. The molecule has 2 heterocycles. The summed E-state index contributed by atoms with van der Waals surface area (Å²) in [6, 6.07) is 6.28. The first-order valence-corrected chi connectivity index (χ1v) is 12.9. The Labute approximate surface area is 212 Å². The molecule has 0 aliphatic heterocycles. The van der Waals surface area contributed by atoms with Gasteiger partial charge in [0, 0.05) is 31.5 Å². The maximum Gasteiger partial charge on any atom is 0.407 e. The number of nitriles is 1. The Hall–Kier alpha value is -3.41. The number of nitrogens with zero attached hydrogens (tertiary/aromatic N) is 4. The quantitative estimate of drug-likeness (QED) is 0.520. The molecular weight excluding hydrogens is 454 g/mol. The third-order valence-electron chi connectivity index (χ3n) is 7.80. The lowest BCUT2D eigenvalue weighted by Gasteiger charge is -2.60. The minimum Gasteiger partial charge on any atom is -0.444 e. The zero-order chi connectivity index (χ0) is 25.3. The number of ether oxygens (including phenoxy) is 1. The van der Waals surface area contributed by atoms with Gasteiger partial charge in [0.15, 0.2) is 0 Å². The molecule has 0 saturated heterocycles. The van der Waals surface area contributed by atoms with Gasteiger partial charge in [0.05, 0.1) is 6.20 Å². The Morgan fingerprint density at radius 2 is 1.97 bits per heavy atom. The van der Waals surface area contributed by atoms with Crippen LogP contribution in [0.2, 0.25) is 0 Å². The molecule has 1 unspecified atom stereocenters. The van der Waals surface area contributed by atoms with Gasteiger partial charge in [-0.3, -0.25) is 4.98 Å². The number of carbonyl (C=O) groups excluding carboxylic acids is 1. The van der Waals surface area contributed by atoms with Gasteiger partial charge in [-0.2, -0.15) is 10.2 Å². The van der Waals surface area contributed by atoms with Crippen LogP contribution >= 0.6 is 0 Å². The summed E-state index contributed by atoms with van der Waals surface area (Å²) in [5.74, 6) is 2.66. The maximum atomic E-state index is 12.5. The Morgan fingerprint density at radius 3 is 2.64 bits per heavy atom. The predicted octanol–water partition coefficient (Wildman–Crippen LogP) is 4.49. The Kier molecular flexibility index (Phi) is 6.45. The lowest BCUT2D eigenvalue weighted by atomic mass is 9.48. The van der Waals surface area contributed by atoms with Crippen molar-refractivity contribution in [1.82, 2.24) is 20.3 Å². The van der Waals surface area contributed by atoms with Gasteiger partial charge in [0.25, 0.3) is 0 Å². The van der Waals surface area contributed by atoms with Crippen molar-refractivity contribution in [2.45, 2.75) is 71.1 Å². The molecule has 4 saturated carbocycles. The summed E-state index contributed by atoms with van der Waals surface area (Å²) in [5.41, 5.74) is 1.13. The fraction of sp³-hybridized carbons (Fsp3) is 0.593. The number of alkyl carbamates (subject to hydrolysis) is 1. The van der Waals surface area contributed by atoms with Crippen LogP contribution in [0.4, 0.5) is 16.6 Å². The van der Waals surface area contributed by atoms with Crippen molar-refractivity contribution >= 4 is 17.9 Å². The van der Waals surface area contributed by atoms with E-state index in [0.29, 0.717) is 41.6 Å². The van der Waals surface area contributed by atoms with Crippen molar-refractivity contribution in [2.24, 2.45) is 23.2 Å². The SMILES string of the molecule is CC(C)(C)OC(=O)N[C@@H]1[C@@H]2CC3C[C@H]1C[C@@](CNc1nc(NCc4cccnc4)ncc1C#N)(C3)C2. The molecule has 0 radical (unpaired) electrons. The summed E-state index contributed by atoms with van der Waals surface area (Å²) in [6.07, 6.45) is 10.4. The Morgan fingerprint density at radius 1 is 1.19 bits per heavy atom. The summed E-state index contributed by atoms with van der Waals surface area (Å²) in [7, 11) is 0. The van der Waals surface area contributed by atoms with E-state index in [4.69, 9.17) is 4.74 Å². The Bertz CT molecular complexity index is 1130. The number of anilines is 2. The number of aromatic nitrogens is 3. The van der Waals surface area contributed by atoms with Gasteiger partial charge in [-0.15, -0.1) is 0 Å². The number of hydrogen-bond donors (Lipinski definition) is 3. The van der Waals surface area contributed by atoms with Crippen molar-refractivity contribution in [1.29, 1.82) is 5.26 Å². The van der Waals surface area contributed by atoms with E-state index in [0.717, 1.165) is 37.8 Å². The van der Waals surface area contributed by atoms with E-state index in [-0.39, 0.29) is 17.6 Å². The van der Waals surface area contributed by atoms with Gasteiger partial charge in [-0.05, 0) is 87.7 Å². The standard InChI is InChI=1S/C27H35N7O2/c1-26(2,3)36-25(35)33-22-19-7-18-8-20(22)11-27(9-18,10-19)16-32-23-21(12-28)15-31-24(34-23)30-14-17-5-4-6-29-13-17/h4-6,13,15,18-20,22H,7-11,14,16H2,1-3H3,(H,33,35)(H2,30,31,32,34)/t18?,19-,20+,22-,27-. The van der Waals surface area contributed by atoms with E-state index in [9.17, 15) is 10.1 Å². The van der Waals surface area contributed by atoms with Crippen LogP contribution < -0.4 is 16.0 Å². The molecule has 0 aromatic carbocycles. The third-order valence-corrected chi connectivity index (χ3v) is 7.80. The fourth-order valence-electron chi connectivity index (χ4n) is 6.73. The first-order valence-electron chi connectivity index (χ1n) is 12.9. The number of amides is 1. The first kappa shape index (κ1) is 24.3. The molecule has 9 nitrogen and oxygen atoms in total. The van der Waals surface area contributed by atoms with E-state index in [1.54, 1.807) is 18.6 Å². The summed E-state index contributed by atoms with van der Waals surface area (Å²) >= 11 is 0. The molecule has 3 N–H and O–H groups in total. The number of rotatable bonds is 7. The number of nitrogens with one attached hydrogen (secondary N) is 3. The van der Waals surface area contributed by atoms with Crippen molar-refractivity contribution in [3.8, 4) is 6.07 Å². The van der Waals surface area contributed by atoms with Gasteiger partial charge in [0.1, 0.15) is 23.1 Å². The minimum atomic E-state index is -0.497. The second kappa shape index (κ2) is 9.57. The molecule has 4 aliphatic carbocycles. The molecule has 5 atom stereocenters. The topological polar surface area (TPSA) is 125 Å². The molecule has 0 spiro atoms. The van der Waals surface area contributed by atoms with E-state index < -0.39 is 5.60 Å². The third kappa shape index (κ3) is 5.38. The van der Waals surface area contributed by atoms with Crippen molar-refractivity contribution in [3.63, 3.8) is 0 Å². The minimum absolute atomic E-state index is 0.156. The second-order valence-electron chi connectivity index (χ2n) is 11.8. The van der Waals surface area contributed by atoms with E-state index >= 15 is 0 Å². The second-order valence-corrected chi connectivity index (χ2v) is 11.8. The molecule has 1 amide bonds. The highest BCUT2D eigenvalue weighted by molar-refractivity contribution is 5.68. The van der Waals surface area contributed by atoms with Crippen LogP contribution in [0.25, 0.3) is 0 Å². The smallest absolute Gasteiger partial charge is 0.407 e. The van der Waals surface area contributed by atoms with Crippen molar-refractivity contribution in [2.75, 3.05) is 17.2 Å². The zero-order valence-electron chi connectivity index (χ0n) is 21.3. The van der Waals surface area contributed by atoms with Crippen LogP contribution in [0.3, 0.4) is 0 Å². The summed E-state index contributed by atoms with van der Waals surface area (Å²) in [6.45, 7) is 7.01. The highest BCUT2D eigenvalue weighted by atomic mass is 16.6. The van der Waals surface area contributed by atoms with E-state index in [1.165, 1.54) is 6.42 Å². The van der Waals surface area contributed by atoms with E-state index in [1.807, 2.05) is 32.9 Å². The van der Waals surface area contributed by atoms with Crippen LogP contribution in [0, 0.1) is 34.5 Å². The molecule has 36 heavy (non-hydrogen) atoms. The highest BCUT2D eigenvalue weighted by Gasteiger charge is 2.55. The average Bonchev–Trinajstić information content (AvgIpc) is 2.83. The largest absolute Gasteiger partial charge is 0.444 e. The number of pyridine rings is 1. The first-order chi connectivity index (χ1) is 17.2. The lowest BCUT2D eigenvalue weighted by Crippen LogP contribution is -2.60. The molecule has 6 rings (SSSR count). The predicted molar refractivity (Wildman–Crippen MR) is 136 cm³/mol. The normalized spacial score (nSPS) is 28.3. The number of carbonyl (C=O) groups is 1. The maximum absolute atomic E-state index is 12.5. The monoisotopic (exact) mass is 489 g/mol. The number of hydrogen-bond acceptors (Lipinski definition) is 8. The van der Waals surface area contributed by atoms with Crippen molar-refractivity contribution < 1.29 is 9.53 Å². The van der Waals surface area contributed by atoms with Crippen LogP contribution in [-0.4, -0.2) is 39.2 Å². The van der Waals surface area contributed by atoms with Crippen LogP contribution in [-0.2, 0) is 11.3 Å². The molecule has 2 aromatic heterocycles. The van der Waals surface area contributed by atoms with Crippen LogP contribution in [0.5, 0.6) is 0 Å². The molecular formula is C27H35N7O2. The molecule has 4 aliphatic rings. The average molecular weight is 490 g/mol. The van der Waals surface area contributed by atoms with E-state index in [2.05, 4.69) is 37.0 Å². The summed E-state index contributed by atoms with van der Waals surface area (Å²) in [4.78, 5) is 25.5. The summed E-state index contributed by atoms with van der Waals surface area (Å²) in [5, 5.41) is 19.6. The van der Waals surface area contributed by atoms with Crippen molar-refractivity contribution in [3.05, 3.63) is 41.9 Å². The van der Waals surface area contributed by atoms with Gasteiger partial charge in [-0.1, -0.05) is 6.07 Å². The van der Waals surface area contributed by atoms with Crippen LogP contribution in [0.15, 0.2) is 30.7 Å². The lowest BCUT2D eigenvalue weighted by molar-refractivity contribution is -0.0703. The molecule has 4 fully saturated rings. The fourth-order valence-corrected chi connectivity index (χ4v) is 6.73. The van der Waals surface area contributed by atoms with Crippen LogP contribution in [0.1, 0.15) is 64.0 Å². The summed E-state index contributed by atoms with van der Waals surface area (Å²) < 4.78 is 5.54. The molecule has 4 bridgehead atoms. The van der Waals surface area contributed by atoms with Gasteiger partial charge >= 0.3 is 6.09 Å². The van der Waals surface area contributed by atoms with Gasteiger partial charge < -0.3 is 20.7 Å². The Balaban J connectivity index is 1.24. The zero-order valence-corrected chi connectivity index (χ0v) is 21.3. The molecule has 2 aromatic rings.